The maximum atomic E-state index is 13.6. The maximum Gasteiger partial charge on any atom is 0.326 e. The predicted octanol–water partition coefficient (Wildman–Crippen LogP) is 0.427. The summed E-state index contributed by atoms with van der Waals surface area (Å²) in [6, 6.07) is 14.0. The molecule has 2 fully saturated rings. The number of aliphatic carboxylic acids is 1. The van der Waals surface area contributed by atoms with E-state index in [2.05, 4.69) is 21.3 Å². The smallest absolute Gasteiger partial charge is 0.326 e. The average Bonchev–Trinajstić information content (AvgIpc) is 3.45. The van der Waals surface area contributed by atoms with Crippen LogP contribution in [0.3, 0.4) is 0 Å². The van der Waals surface area contributed by atoms with Gasteiger partial charge in [-0.25, -0.2) is 4.79 Å². The number of carboxylic acid groups (broad SMARTS) is 1. The van der Waals surface area contributed by atoms with Crippen molar-refractivity contribution in [1.29, 1.82) is 5.41 Å². The van der Waals surface area contributed by atoms with E-state index in [4.69, 9.17) is 11.1 Å². The molecule has 8 N–H and O–H groups in total. The molecular formula is C32H41N7O6. The van der Waals surface area contributed by atoms with E-state index in [9.17, 15) is 29.1 Å². The van der Waals surface area contributed by atoms with Crippen LogP contribution in [-0.4, -0.2) is 82.3 Å². The molecule has 0 bridgehead atoms. The van der Waals surface area contributed by atoms with Crippen LogP contribution in [0.25, 0.3) is 0 Å². The molecule has 2 aliphatic rings. The van der Waals surface area contributed by atoms with E-state index < -0.39 is 42.0 Å². The van der Waals surface area contributed by atoms with E-state index in [0.717, 1.165) is 11.1 Å². The second-order valence-corrected chi connectivity index (χ2v) is 11.5. The Morgan fingerprint density at radius 1 is 0.911 bits per heavy atom. The van der Waals surface area contributed by atoms with Crippen LogP contribution in [-0.2, 0) is 36.8 Å². The summed E-state index contributed by atoms with van der Waals surface area (Å²) in [6.07, 6.45) is 2.79. The van der Waals surface area contributed by atoms with Crippen LogP contribution in [0.2, 0.25) is 0 Å². The zero-order valence-corrected chi connectivity index (χ0v) is 25.0. The second kappa shape index (κ2) is 15.7. The topological polar surface area (TPSA) is 207 Å². The third-order valence-electron chi connectivity index (χ3n) is 8.20. The summed E-state index contributed by atoms with van der Waals surface area (Å²) < 4.78 is 0. The van der Waals surface area contributed by atoms with Crippen LogP contribution in [0.15, 0.2) is 60.7 Å². The number of benzene rings is 2. The molecule has 4 rings (SSSR count). The first kappa shape index (κ1) is 33.0. The van der Waals surface area contributed by atoms with Crippen molar-refractivity contribution in [3.8, 4) is 0 Å². The molecular weight excluding hydrogens is 578 g/mol. The molecule has 240 valence electrons. The van der Waals surface area contributed by atoms with Crippen LogP contribution in [0, 0.1) is 5.41 Å². The van der Waals surface area contributed by atoms with E-state index in [0.29, 0.717) is 32.1 Å². The highest BCUT2D eigenvalue weighted by molar-refractivity contribution is 5.96. The molecule has 2 heterocycles. The number of fused-ring (bicyclic) bond motifs is 1. The third kappa shape index (κ3) is 9.27. The molecule has 45 heavy (non-hydrogen) atoms. The van der Waals surface area contributed by atoms with Crippen molar-refractivity contribution in [3.63, 3.8) is 0 Å². The van der Waals surface area contributed by atoms with Gasteiger partial charge in [0.1, 0.15) is 24.2 Å². The Bertz CT molecular complexity index is 1370. The Labute approximate surface area is 261 Å². The highest BCUT2D eigenvalue weighted by Crippen LogP contribution is 2.33. The fraction of sp³-hybridized carbons (Fsp3) is 0.438. The highest BCUT2D eigenvalue weighted by Gasteiger charge is 2.46. The molecule has 13 heteroatoms. The number of piperidine rings is 1. The van der Waals surface area contributed by atoms with Gasteiger partial charge in [-0.1, -0.05) is 60.7 Å². The Morgan fingerprint density at radius 2 is 1.56 bits per heavy atom. The highest BCUT2D eigenvalue weighted by atomic mass is 16.4. The monoisotopic (exact) mass is 619 g/mol. The summed E-state index contributed by atoms with van der Waals surface area (Å²) in [5.74, 6) is -3.24. The minimum absolute atomic E-state index is 0.0540. The Morgan fingerprint density at radius 3 is 2.20 bits per heavy atom. The van der Waals surface area contributed by atoms with E-state index >= 15 is 0 Å². The van der Waals surface area contributed by atoms with Crippen LogP contribution in [0.1, 0.15) is 49.7 Å². The number of carbonyl (C=O) groups is 5. The maximum absolute atomic E-state index is 13.6. The number of carboxylic acids is 1. The molecule has 2 aromatic rings. The van der Waals surface area contributed by atoms with Crippen molar-refractivity contribution in [1.82, 2.24) is 26.2 Å². The number of guanidine groups is 1. The largest absolute Gasteiger partial charge is 0.480 e. The summed E-state index contributed by atoms with van der Waals surface area (Å²) in [5, 5.41) is 27.9. The van der Waals surface area contributed by atoms with Gasteiger partial charge in [-0.15, -0.1) is 0 Å². The van der Waals surface area contributed by atoms with Crippen molar-refractivity contribution in [2.24, 2.45) is 5.73 Å². The lowest BCUT2D eigenvalue weighted by atomic mass is 9.97. The molecule has 2 aliphatic heterocycles. The summed E-state index contributed by atoms with van der Waals surface area (Å²) in [4.78, 5) is 66.8. The minimum atomic E-state index is -1.23. The van der Waals surface area contributed by atoms with Crippen LogP contribution in [0.5, 0.6) is 0 Å². The van der Waals surface area contributed by atoms with Crippen LogP contribution in [0.4, 0.5) is 0 Å². The van der Waals surface area contributed by atoms with Crippen molar-refractivity contribution in [2.45, 2.75) is 81.6 Å². The van der Waals surface area contributed by atoms with Crippen molar-refractivity contribution >= 4 is 35.6 Å². The normalized spacial score (nSPS) is 20.3. The van der Waals surface area contributed by atoms with Gasteiger partial charge in [-0.3, -0.25) is 24.6 Å². The number of rotatable bonds is 14. The van der Waals surface area contributed by atoms with Crippen molar-refractivity contribution in [2.75, 3.05) is 6.54 Å². The van der Waals surface area contributed by atoms with Crippen LogP contribution >= 0.6 is 0 Å². The van der Waals surface area contributed by atoms with E-state index in [1.807, 2.05) is 30.3 Å². The van der Waals surface area contributed by atoms with Gasteiger partial charge in [0.25, 0.3) is 0 Å². The van der Waals surface area contributed by atoms with Gasteiger partial charge in [0.15, 0.2) is 5.96 Å². The second-order valence-electron chi connectivity index (χ2n) is 11.5. The fourth-order valence-corrected chi connectivity index (χ4v) is 5.97. The minimum Gasteiger partial charge on any atom is -0.480 e. The number of hydrogen-bond donors (Lipinski definition) is 7. The fourth-order valence-electron chi connectivity index (χ4n) is 5.97. The first-order valence-electron chi connectivity index (χ1n) is 15.2. The number of nitrogens with one attached hydrogen (secondary N) is 5. The first-order chi connectivity index (χ1) is 21.6. The number of hydrogen-bond acceptors (Lipinski definition) is 6. The number of nitrogens with zero attached hydrogens (tertiary/aromatic N) is 1. The van der Waals surface area contributed by atoms with Crippen LogP contribution < -0.4 is 27.0 Å². The van der Waals surface area contributed by atoms with Crippen molar-refractivity contribution in [3.05, 3.63) is 71.8 Å². The van der Waals surface area contributed by atoms with Gasteiger partial charge in [0.2, 0.25) is 23.6 Å². The predicted molar refractivity (Wildman–Crippen MR) is 166 cm³/mol. The Kier molecular flexibility index (Phi) is 11.5. The lowest BCUT2D eigenvalue weighted by Crippen LogP contribution is -2.60. The Hall–Kier alpha value is -4.94. The molecule has 1 unspecified atom stereocenters. The number of nitrogens with two attached hydrogens (primary N) is 1. The first-order valence-corrected chi connectivity index (χ1v) is 15.2. The molecule has 0 aliphatic carbocycles. The lowest BCUT2D eigenvalue weighted by molar-refractivity contribution is -0.147. The molecule has 0 radical (unpaired) electrons. The van der Waals surface area contributed by atoms with Gasteiger partial charge in [0.05, 0.1) is 6.42 Å². The van der Waals surface area contributed by atoms with Gasteiger partial charge >= 0.3 is 5.97 Å². The lowest BCUT2D eigenvalue weighted by Gasteiger charge is -2.38. The van der Waals surface area contributed by atoms with E-state index in [1.165, 1.54) is 4.90 Å². The van der Waals surface area contributed by atoms with E-state index in [1.54, 1.807) is 30.3 Å². The summed E-state index contributed by atoms with van der Waals surface area (Å²) in [7, 11) is 0. The van der Waals surface area contributed by atoms with Gasteiger partial charge in [-0.05, 0) is 49.7 Å². The molecule has 5 atom stereocenters. The van der Waals surface area contributed by atoms with E-state index in [-0.39, 0.29) is 49.6 Å². The van der Waals surface area contributed by atoms with Gasteiger partial charge in [-0.2, -0.15) is 0 Å². The molecule has 0 saturated carbocycles. The Balaban J connectivity index is 1.42. The molecule has 13 nitrogen and oxygen atoms in total. The quantitative estimate of drug-likeness (QED) is 0.0894. The van der Waals surface area contributed by atoms with Crippen molar-refractivity contribution < 1.29 is 29.1 Å². The summed E-state index contributed by atoms with van der Waals surface area (Å²) in [6.45, 7) is 0.266. The van der Waals surface area contributed by atoms with Gasteiger partial charge < -0.3 is 37.0 Å². The number of carbonyl (C=O) groups excluding carboxylic acids is 4. The SMILES string of the molecule is N=C(N)NCCC[C@H](NC(=O)[C@@H]1CC[C@@H]2CCC(NC(=O)Cc3ccccc3)C(=O)N21)C(=O)N[C@H](Cc1ccccc1)C(=O)O. The molecule has 0 aromatic heterocycles. The molecule has 0 spiro atoms. The summed E-state index contributed by atoms with van der Waals surface area (Å²) in [5.41, 5.74) is 6.90. The number of amides is 4. The van der Waals surface area contributed by atoms with Gasteiger partial charge in [0, 0.05) is 19.0 Å². The third-order valence-corrected chi connectivity index (χ3v) is 8.20. The molecule has 2 saturated heterocycles. The standard InChI is InChI=1S/C32H41N7O6/c33-32(34)35-17-7-12-23(28(41)38-25(31(44)45)18-20-8-3-1-4-9-20)37-29(42)26-16-14-22-13-15-24(30(43)39(22)26)36-27(40)19-21-10-5-2-6-11-21/h1-6,8-11,22-26H,7,12-19H2,(H,36,40)(H,37,42)(H,38,41)(H,44,45)(H4,33,34,35)/t22-,23-,24?,25+,26-/m0/s1. The zero-order chi connectivity index (χ0) is 32.3. The molecule has 2 aromatic carbocycles. The average molecular weight is 620 g/mol. The summed E-state index contributed by atoms with van der Waals surface area (Å²) >= 11 is 0. The zero-order valence-electron chi connectivity index (χ0n) is 25.0. The molecule has 4 amide bonds.